The van der Waals surface area contributed by atoms with Gasteiger partial charge in [0, 0.05) is 30.4 Å². The van der Waals surface area contributed by atoms with E-state index in [0.29, 0.717) is 29.8 Å². The van der Waals surface area contributed by atoms with Gasteiger partial charge in [0.15, 0.2) is 0 Å². The zero-order valence-electron chi connectivity index (χ0n) is 12.0. The van der Waals surface area contributed by atoms with Crippen LogP contribution in [0.4, 0.5) is 0 Å². The van der Waals surface area contributed by atoms with Crippen LogP contribution >= 0.6 is 11.6 Å². The normalized spacial score (nSPS) is 19.0. The Hall–Kier alpha value is -1.62. The average Bonchev–Trinajstić information content (AvgIpc) is 3.30. The second kappa shape index (κ2) is 5.64. The predicted molar refractivity (Wildman–Crippen MR) is 79.3 cm³/mol. The minimum atomic E-state index is -0.141. The molecule has 1 saturated carbocycles. The van der Waals surface area contributed by atoms with Crippen LogP contribution in [0.15, 0.2) is 12.1 Å². The molecule has 0 N–H and O–H groups in total. The maximum atomic E-state index is 12.5. The lowest BCUT2D eigenvalue weighted by atomic mass is 10.1. The fraction of sp³-hybridized carbons (Fsp3) is 0.533. The Morgan fingerprint density at radius 2 is 2.14 bits per heavy atom. The van der Waals surface area contributed by atoms with Crippen LogP contribution in [0.3, 0.4) is 0 Å². The average molecular weight is 308 g/mol. The Bertz CT molecular complexity index is 586. The molecule has 112 valence electrons. The van der Waals surface area contributed by atoms with Crippen molar-refractivity contribution >= 4 is 23.4 Å². The zero-order valence-corrected chi connectivity index (χ0v) is 12.8. The van der Waals surface area contributed by atoms with Crippen molar-refractivity contribution in [3.05, 3.63) is 28.5 Å². The Balaban J connectivity index is 1.73. The van der Waals surface area contributed by atoms with Crippen molar-refractivity contribution in [2.45, 2.75) is 32.2 Å². The van der Waals surface area contributed by atoms with E-state index in [4.69, 9.17) is 11.6 Å². The molecule has 1 aliphatic carbocycles. The number of aryl methyl sites for hydroxylation is 1. The molecule has 6 heteroatoms. The lowest BCUT2D eigenvalue weighted by Gasteiger charge is -2.34. The van der Waals surface area contributed by atoms with Gasteiger partial charge in [0.05, 0.1) is 0 Å². The van der Waals surface area contributed by atoms with Gasteiger partial charge >= 0.3 is 0 Å². The first kappa shape index (κ1) is 14.3. The summed E-state index contributed by atoms with van der Waals surface area (Å²) in [4.78, 5) is 32.3. The lowest BCUT2D eigenvalue weighted by Crippen LogP contribution is -2.52. The van der Waals surface area contributed by atoms with Crippen LogP contribution < -0.4 is 0 Å². The minimum absolute atomic E-state index is 0.0490. The number of carbonyl (C=O) groups is 2. The van der Waals surface area contributed by atoms with E-state index in [9.17, 15) is 9.59 Å². The third-order valence-corrected chi connectivity index (χ3v) is 4.18. The van der Waals surface area contributed by atoms with Gasteiger partial charge < -0.3 is 9.80 Å². The maximum absolute atomic E-state index is 12.5. The molecule has 2 aliphatic rings. The van der Waals surface area contributed by atoms with Crippen LogP contribution in [0.5, 0.6) is 0 Å². The van der Waals surface area contributed by atoms with Crippen LogP contribution in [0.1, 0.15) is 35.8 Å². The Labute approximate surface area is 128 Å². The van der Waals surface area contributed by atoms with E-state index in [1.807, 2.05) is 11.8 Å². The van der Waals surface area contributed by atoms with Crippen LogP contribution in [0.25, 0.3) is 0 Å². The molecule has 2 heterocycles. The van der Waals surface area contributed by atoms with Crippen LogP contribution in [0, 0.1) is 0 Å². The van der Waals surface area contributed by atoms with Crippen molar-refractivity contribution in [1.29, 1.82) is 0 Å². The number of hydrogen-bond donors (Lipinski definition) is 0. The van der Waals surface area contributed by atoms with Gasteiger partial charge in [-0.2, -0.15) is 0 Å². The molecule has 1 aliphatic heterocycles. The van der Waals surface area contributed by atoms with Gasteiger partial charge in [-0.1, -0.05) is 18.5 Å². The number of carbonyl (C=O) groups excluding carboxylic acids is 2. The zero-order chi connectivity index (χ0) is 15.0. The molecular formula is C15H18ClN3O2. The molecule has 1 aromatic heterocycles. The van der Waals surface area contributed by atoms with E-state index in [-0.39, 0.29) is 18.4 Å². The van der Waals surface area contributed by atoms with Crippen LogP contribution in [-0.2, 0) is 11.2 Å². The quantitative estimate of drug-likeness (QED) is 0.799. The number of hydrogen-bond acceptors (Lipinski definition) is 3. The van der Waals surface area contributed by atoms with Crippen molar-refractivity contribution in [3.63, 3.8) is 0 Å². The van der Waals surface area contributed by atoms with Crippen molar-refractivity contribution < 1.29 is 9.59 Å². The highest BCUT2D eigenvalue weighted by molar-refractivity contribution is 6.29. The van der Waals surface area contributed by atoms with Gasteiger partial charge in [0.2, 0.25) is 5.91 Å². The summed E-state index contributed by atoms with van der Waals surface area (Å²) >= 11 is 5.96. The maximum Gasteiger partial charge on any atom is 0.254 e. The van der Waals surface area contributed by atoms with E-state index in [1.54, 1.807) is 17.0 Å². The van der Waals surface area contributed by atoms with Crippen molar-refractivity contribution in [1.82, 2.24) is 14.8 Å². The molecule has 1 saturated heterocycles. The van der Waals surface area contributed by atoms with E-state index >= 15 is 0 Å². The molecule has 3 rings (SSSR count). The summed E-state index contributed by atoms with van der Waals surface area (Å²) in [6.07, 6.45) is 2.91. The Kier molecular flexibility index (Phi) is 3.85. The number of nitrogens with zero attached hydrogens (tertiary/aromatic N) is 3. The smallest absolute Gasteiger partial charge is 0.254 e. The third kappa shape index (κ3) is 3.02. The van der Waals surface area contributed by atoms with Crippen LogP contribution in [-0.4, -0.2) is 52.3 Å². The highest BCUT2D eigenvalue weighted by Crippen LogP contribution is 2.28. The predicted octanol–water partition coefficient (Wildman–Crippen LogP) is 1.74. The van der Waals surface area contributed by atoms with E-state index in [0.717, 1.165) is 25.0 Å². The van der Waals surface area contributed by atoms with Crippen molar-refractivity contribution in [3.8, 4) is 0 Å². The lowest BCUT2D eigenvalue weighted by molar-refractivity contribution is -0.135. The van der Waals surface area contributed by atoms with Gasteiger partial charge in [-0.25, -0.2) is 4.98 Å². The summed E-state index contributed by atoms with van der Waals surface area (Å²) in [6, 6.07) is 3.74. The standard InChI is InChI=1S/C15H18ClN3O2/c1-2-11-7-10(8-13(16)17-11)15(21)18-5-6-19(12-3-4-12)14(20)9-18/h7-8,12H,2-6,9H2,1H3. The molecule has 0 spiro atoms. The molecule has 21 heavy (non-hydrogen) atoms. The second-order valence-electron chi connectivity index (χ2n) is 5.57. The number of rotatable bonds is 3. The monoisotopic (exact) mass is 307 g/mol. The molecule has 0 unspecified atom stereocenters. The van der Waals surface area contributed by atoms with E-state index in [1.165, 1.54) is 0 Å². The molecule has 2 fully saturated rings. The van der Waals surface area contributed by atoms with E-state index in [2.05, 4.69) is 4.98 Å². The first-order valence-electron chi connectivity index (χ1n) is 7.33. The van der Waals surface area contributed by atoms with Gasteiger partial charge in [-0.3, -0.25) is 9.59 Å². The summed E-state index contributed by atoms with van der Waals surface area (Å²) in [7, 11) is 0. The molecule has 0 aromatic carbocycles. The summed E-state index contributed by atoms with van der Waals surface area (Å²) in [5.41, 5.74) is 1.30. The largest absolute Gasteiger partial charge is 0.336 e. The molecule has 0 atom stereocenters. The second-order valence-corrected chi connectivity index (χ2v) is 5.96. The summed E-state index contributed by atoms with van der Waals surface area (Å²) in [6.45, 7) is 3.35. The fourth-order valence-electron chi connectivity index (χ4n) is 2.67. The minimum Gasteiger partial charge on any atom is -0.336 e. The fourth-order valence-corrected chi connectivity index (χ4v) is 2.90. The molecule has 5 nitrogen and oxygen atoms in total. The highest BCUT2D eigenvalue weighted by atomic mass is 35.5. The topological polar surface area (TPSA) is 53.5 Å². The van der Waals surface area contributed by atoms with Crippen LogP contribution in [0.2, 0.25) is 5.15 Å². The highest BCUT2D eigenvalue weighted by Gasteiger charge is 2.36. The molecule has 2 amide bonds. The molecular weight excluding hydrogens is 290 g/mol. The summed E-state index contributed by atoms with van der Waals surface area (Å²) < 4.78 is 0. The molecule has 0 radical (unpaired) electrons. The van der Waals surface area contributed by atoms with Gasteiger partial charge in [0.1, 0.15) is 11.7 Å². The number of amides is 2. The summed E-state index contributed by atoms with van der Waals surface area (Å²) in [5, 5.41) is 0.320. The Morgan fingerprint density at radius 3 is 2.76 bits per heavy atom. The van der Waals surface area contributed by atoms with Crippen molar-refractivity contribution in [2.75, 3.05) is 19.6 Å². The first-order valence-corrected chi connectivity index (χ1v) is 7.71. The number of pyridine rings is 1. The SMILES string of the molecule is CCc1cc(C(=O)N2CCN(C3CC3)C(=O)C2)cc(Cl)n1. The number of piperazine rings is 1. The number of halogens is 1. The van der Waals surface area contributed by atoms with Gasteiger partial charge in [-0.05, 0) is 31.4 Å². The van der Waals surface area contributed by atoms with Gasteiger partial charge in [-0.15, -0.1) is 0 Å². The summed E-state index contributed by atoms with van der Waals surface area (Å²) in [5.74, 6) is -0.0919. The Morgan fingerprint density at radius 1 is 1.38 bits per heavy atom. The first-order chi connectivity index (χ1) is 10.1. The molecule has 0 bridgehead atoms. The van der Waals surface area contributed by atoms with Gasteiger partial charge in [0.25, 0.3) is 5.91 Å². The van der Waals surface area contributed by atoms with E-state index < -0.39 is 0 Å². The third-order valence-electron chi connectivity index (χ3n) is 3.99. The van der Waals surface area contributed by atoms with Crippen molar-refractivity contribution in [2.24, 2.45) is 0 Å². The number of aromatic nitrogens is 1. The molecule has 1 aromatic rings.